The Kier molecular flexibility index (Phi) is 4.19. The maximum absolute atomic E-state index is 12.8. The van der Waals surface area contributed by atoms with Crippen LogP contribution in [-0.4, -0.2) is 57.6 Å². The van der Waals surface area contributed by atoms with Crippen molar-refractivity contribution in [2.45, 2.75) is 6.04 Å². The van der Waals surface area contributed by atoms with E-state index in [-0.39, 0.29) is 41.9 Å². The Morgan fingerprint density at radius 2 is 2.12 bits per heavy atom. The predicted molar refractivity (Wildman–Crippen MR) is 84.5 cm³/mol. The van der Waals surface area contributed by atoms with Crippen LogP contribution in [0.4, 0.5) is 5.69 Å². The second-order valence-corrected chi connectivity index (χ2v) is 5.46. The number of carboxylic acid groups (broad SMARTS) is 1. The molecule has 3 rings (SSSR count). The lowest BCUT2D eigenvalue weighted by Crippen LogP contribution is -2.52. The first kappa shape index (κ1) is 16.6. The monoisotopic (exact) mass is 347 g/mol. The van der Waals surface area contributed by atoms with Gasteiger partial charge in [0.2, 0.25) is 5.56 Å². The number of nitro benzene ring substituents is 1. The van der Waals surface area contributed by atoms with E-state index in [1.54, 1.807) is 0 Å². The van der Waals surface area contributed by atoms with Gasteiger partial charge in [0.25, 0.3) is 11.6 Å². The fraction of sp³-hybridized carbons (Fsp3) is 0.267. The highest BCUT2D eigenvalue weighted by Gasteiger charge is 2.34. The lowest BCUT2D eigenvalue weighted by molar-refractivity contribution is -0.384. The lowest BCUT2D eigenvalue weighted by atomic mass is 10.1. The van der Waals surface area contributed by atoms with Crippen molar-refractivity contribution in [1.82, 2.24) is 9.88 Å². The van der Waals surface area contributed by atoms with Gasteiger partial charge in [-0.05, 0) is 6.07 Å². The number of rotatable bonds is 3. The number of hydrogen-bond acceptors (Lipinski definition) is 6. The van der Waals surface area contributed by atoms with Crippen molar-refractivity contribution in [2.24, 2.45) is 0 Å². The van der Waals surface area contributed by atoms with Crippen LogP contribution in [0.15, 0.2) is 29.1 Å². The molecule has 130 valence electrons. The average Bonchev–Trinajstić information content (AvgIpc) is 2.59. The number of amides is 1. The van der Waals surface area contributed by atoms with E-state index in [0.29, 0.717) is 0 Å². The summed E-state index contributed by atoms with van der Waals surface area (Å²) < 4.78 is 5.09. The van der Waals surface area contributed by atoms with Crippen LogP contribution in [0.25, 0.3) is 10.9 Å². The summed E-state index contributed by atoms with van der Waals surface area (Å²) in [6, 6.07) is 3.55. The lowest BCUT2D eigenvalue weighted by Gasteiger charge is -2.33. The zero-order valence-electron chi connectivity index (χ0n) is 12.8. The van der Waals surface area contributed by atoms with E-state index in [0.717, 1.165) is 11.0 Å². The Bertz CT molecular complexity index is 936. The van der Waals surface area contributed by atoms with Crippen molar-refractivity contribution in [1.29, 1.82) is 0 Å². The fourth-order valence-electron chi connectivity index (χ4n) is 2.74. The minimum absolute atomic E-state index is 0.0407. The number of ether oxygens (including phenoxy) is 1. The number of non-ortho nitro benzene ring substituents is 1. The molecule has 1 amide bonds. The Morgan fingerprint density at radius 1 is 1.36 bits per heavy atom. The van der Waals surface area contributed by atoms with E-state index in [1.165, 1.54) is 18.2 Å². The maximum Gasteiger partial charge on any atom is 0.328 e. The number of fused-ring (bicyclic) bond motifs is 1. The molecular weight excluding hydrogens is 334 g/mol. The van der Waals surface area contributed by atoms with Gasteiger partial charge in [0.05, 0.1) is 23.7 Å². The second-order valence-electron chi connectivity index (χ2n) is 5.46. The number of hydrogen-bond donors (Lipinski definition) is 2. The molecule has 0 bridgehead atoms. The number of benzene rings is 1. The number of morpholine rings is 1. The van der Waals surface area contributed by atoms with Crippen LogP contribution in [0.5, 0.6) is 0 Å². The SMILES string of the molecule is O=C(O)C1COCCN1C(=O)c1cc(=O)[nH]c2ccc([N+](=O)[O-])cc12. The van der Waals surface area contributed by atoms with Crippen LogP contribution in [-0.2, 0) is 9.53 Å². The molecule has 2 aromatic rings. The van der Waals surface area contributed by atoms with Crippen molar-refractivity contribution in [3.8, 4) is 0 Å². The smallest absolute Gasteiger partial charge is 0.328 e. The summed E-state index contributed by atoms with van der Waals surface area (Å²) in [6.07, 6.45) is 0. The topological polar surface area (TPSA) is 143 Å². The molecule has 0 radical (unpaired) electrons. The van der Waals surface area contributed by atoms with Gasteiger partial charge in [-0.3, -0.25) is 19.7 Å². The number of carbonyl (C=O) groups excluding carboxylic acids is 1. The second kappa shape index (κ2) is 6.32. The molecule has 1 saturated heterocycles. The molecule has 25 heavy (non-hydrogen) atoms. The number of nitrogens with one attached hydrogen (secondary N) is 1. The van der Waals surface area contributed by atoms with Crippen molar-refractivity contribution >= 4 is 28.5 Å². The number of H-pyrrole nitrogens is 1. The Balaban J connectivity index is 2.14. The third kappa shape index (κ3) is 3.06. The van der Waals surface area contributed by atoms with Crippen molar-refractivity contribution in [3.05, 3.63) is 50.3 Å². The van der Waals surface area contributed by atoms with Crippen LogP contribution >= 0.6 is 0 Å². The Morgan fingerprint density at radius 3 is 2.80 bits per heavy atom. The molecule has 2 heterocycles. The molecule has 0 saturated carbocycles. The molecule has 1 fully saturated rings. The summed E-state index contributed by atoms with van der Waals surface area (Å²) >= 11 is 0. The molecule has 0 aliphatic carbocycles. The minimum atomic E-state index is -1.23. The summed E-state index contributed by atoms with van der Waals surface area (Å²) in [6.45, 7) is 0.0398. The van der Waals surface area contributed by atoms with Gasteiger partial charge in [0.15, 0.2) is 6.04 Å². The molecule has 1 unspecified atom stereocenters. The number of nitrogens with zero attached hydrogens (tertiary/aromatic N) is 2. The summed E-state index contributed by atoms with van der Waals surface area (Å²) in [4.78, 5) is 50.0. The molecular formula is C15H13N3O7. The molecule has 0 spiro atoms. The van der Waals surface area contributed by atoms with Gasteiger partial charge in [0, 0.05) is 35.6 Å². The molecule has 10 nitrogen and oxygen atoms in total. The number of carboxylic acids is 1. The predicted octanol–water partition coefficient (Wildman–Crippen LogP) is 0.362. The quantitative estimate of drug-likeness (QED) is 0.603. The fourth-order valence-corrected chi connectivity index (χ4v) is 2.74. The van der Waals surface area contributed by atoms with Crippen molar-refractivity contribution in [2.75, 3.05) is 19.8 Å². The summed E-state index contributed by atoms with van der Waals surface area (Å²) in [7, 11) is 0. The first-order valence-electron chi connectivity index (χ1n) is 7.31. The van der Waals surface area contributed by atoms with E-state index >= 15 is 0 Å². The average molecular weight is 347 g/mol. The van der Waals surface area contributed by atoms with Gasteiger partial charge in [-0.15, -0.1) is 0 Å². The standard InChI is InChI=1S/C15H13N3O7/c19-13-6-10(9-5-8(18(23)24)1-2-11(9)16-13)14(20)17-3-4-25-7-12(17)15(21)22/h1-2,5-6,12H,3-4,7H2,(H,16,19)(H,21,22). The van der Waals surface area contributed by atoms with Gasteiger partial charge in [-0.1, -0.05) is 0 Å². The normalized spacial score (nSPS) is 17.4. The van der Waals surface area contributed by atoms with Crippen molar-refractivity contribution in [3.63, 3.8) is 0 Å². The first-order valence-corrected chi connectivity index (χ1v) is 7.31. The van der Waals surface area contributed by atoms with Crippen LogP contribution in [0.1, 0.15) is 10.4 Å². The molecule has 1 aliphatic rings. The summed E-state index contributed by atoms with van der Waals surface area (Å²) in [5, 5.41) is 20.4. The number of aromatic amines is 1. The Hall–Kier alpha value is -3.27. The third-order valence-electron chi connectivity index (χ3n) is 3.94. The van der Waals surface area contributed by atoms with Crippen LogP contribution in [0.3, 0.4) is 0 Å². The Labute approximate surface area is 139 Å². The van der Waals surface area contributed by atoms with Gasteiger partial charge in [-0.25, -0.2) is 4.79 Å². The molecule has 1 aromatic carbocycles. The molecule has 2 N–H and O–H groups in total. The molecule has 1 atom stereocenters. The zero-order valence-corrected chi connectivity index (χ0v) is 12.8. The highest BCUT2D eigenvalue weighted by atomic mass is 16.6. The number of nitro groups is 1. The van der Waals surface area contributed by atoms with Gasteiger partial charge in [-0.2, -0.15) is 0 Å². The van der Waals surface area contributed by atoms with Gasteiger partial charge in [0.1, 0.15) is 0 Å². The third-order valence-corrected chi connectivity index (χ3v) is 3.94. The summed E-state index contributed by atoms with van der Waals surface area (Å²) in [5.74, 6) is -1.92. The minimum Gasteiger partial charge on any atom is -0.480 e. The number of pyridine rings is 1. The molecule has 1 aliphatic heterocycles. The number of aliphatic carboxylic acids is 1. The van der Waals surface area contributed by atoms with Crippen LogP contribution in [0, 0.1) is 10.1 Å². The highest BCUT2D eigenvalue weighted by molar-refractivity contribution is 6.07. The highest BCUT2D eigenvalue weighted by Crippen LogP contribution is 2.23. The van der Waals surface area contributed by atoms with Crippen LogP contribution < -0.4 is 5.56 Å². The molecule has 1 aromatic heterocycles. The van der Waals surface area contributed by atoms with E-state index in [4.69, 9.17) is 4.74 Å². The van der Waals surface area contributed by atoms with Crippen LogP contribution in [0.2, 0.25) is 0 Å². The first-order chi connectivity index (χ1) is 11.9. The van der Waals surface area contributed by atoms with E-state index in [2.05, 4.69) is 4.98 Å². The van der Waals surface area contributed by atoms with E-state index < -0.39 is 28.4 Å². The molecule has 10 heteroatoms. The maximum atomic E-state index is 12.8. The number of carbonyl (C=O) groups is 2. The summed E-state index contributed by atoms with van der Waals surface area (Å²) in [5.41, 5.74) is -0.646. The van der Waals surface area contributed by atoms with Gasteiger partial charge < -0.3 is 19.7 Å². The van der Waals surface area contributed by atoms with E-state index in [1.807, 2.05) is 0 Å². The van der Waals surface area contributed by atoms with E-state index in [9.17, 15) is 29.6 Å². The number of aromatic nitrogens is 1. The largest absolute Gasteiger partial charge is 0.480 e. The van der Waals surface area contributed by atoms with Crippen molar-refractivity contribution < 1.29 is 24.4 Å². The zero-order chi connectivity index (χ0) is 18.1. The van der Waals surface area contributed by atoms with Gasteiger partial charge >= 0.3 is 5.97 Å².